The molecule has 3 nitrogen and oxygen atoms in total. The predicted octanol–water partition coefficient (Wildman–Crippen LogP) is 8.56. The fraction of sp³-hybridized carbons (Fsp3) is 0. The molecule has 0 N–H and O–H groups in total. The zero-order valence-electron chi connectivity index (χ0n) is 32.1. The second-order valence-electron chi connectivity index (χ2n) is 15.6. The van der Waals surface area contributed by atoms with Gasteiger partial charge in [-0.05, 0) is 79.2 Å². The number of fused-ring (bicyclic) bond motifs is 7. The summed E-state index contributed by atoms with van der Waals surface area (Å²) >= 11 is 0. The first-order valence-corrected chi connectivity index (χ1v) is 22.3. The first kappa shape index (κ1) is 33.8. The van der Waals surface area contributed by atoms with Crippen molar-refractivity contribution >= 4 is 73.7 Å². The van der Waals surface area contributed by atoms with Gasteiger partial charge in [-0.25, -0.2) is 0 Å². The zero-order chi connectivity index (χ0) is 38.9. The summed E-state index contributed by atoms with van der Waals surface area (Å²) < 4.78 is 16.1. The summed E-state index contributed by atoms with van der Waals surface area (Å²) in [6.45, 7) is -0.0217. The van der Waals surface area contributed by atoms with Crippen molar-refractivity contribution in [3.8, 4) is 39.8 Å². The number of rotatable bonds is 6. The summed E-state index contributed by atoms with van der Waals surface area (Å²) in [6.07, 6.45) is 0. The lowest BCUT2D eigenvalue weighted by Gasteiger charge is -2.34. The lowest BCUT2D eigenvalue weighted by Crippen LogP contribution is -2.74. The Morgan fingerprint density at radius 3 is 1.42 bits per heavy atom. The highest BCUT2D eigenvalue weighted by molar-refractivity contribution is 7.19. The van der Waals surface area contributed by atoms with E-state index < -0.39 is 8.07 Å². The lowest BCUT2D eigenvalue weighted by atomic mass is 9.35. The second kappa shape index (κ2) is 13.4. The lowest BCUT2D eigenvalue weighted by molar-refractivity contribution is 0.465. The molecule has 5 heteroatoms. The van der Waals surface area contributed by atoms with Crippen LogP contribution in [0.1, 0.15) is 0 Å². The van der Waals surface area contributed by atoms with Crippen molar-refractivity contribution in [1.29, 1.82) is 0 Å². The Bertz CT molecular complexity index is 3070. The average Bonchev–Trinajstić information content (AvgIpc) is 3.64. The van der Waals surface area contributed by atoms with Gasteiger partial charge in [-0.1, -0.05) is 176 Å². The molecule has 0 amide bonds. The van der Waals surface area contributed by atoms with Crippen LogP contribution in [0.2, 0.25) is 0 Å². The van der Waals surface area contributed by atoms with Crippen LogP contribution in [0.4, 0.5) is 0 Å². The van der Waals surface area contributed by atoms with Gasteiger partial charge in [0, 0.05) is 28.0 Å². The van der Waals surface area contributed by atoms with Crippen molar-refractivity contribution in [2.24, 2.45) is 0 Å². The standard InChI is InChI=1S/C54H36BNO2Si/c1-4-16-40(17-5-1)59(41-18-6-2-7-19-41,42-20-8-3-9-21-42)43-31-28-37(29-32-43)38-34-52-54-53(35-38)58-51-36-39(30-33-47(51)55(54)46-24-12-15-27-50(46)57-52)56-48-25-13-10-22-44(48)45-23-11-14-26-49(45)56/h1-36H. The minimum Gasteiger partial charge on any atom is -0.458 e. The third-order valence-electron chi connectivity index (χ3n) is 12.5. The summed E-state index contributed by atoms with van der Waals surface area (Å²) in [4.78, 5) is 0. The van der Waals surface area contributed by atoms with Gasteiger partial charge in [-0.3, -0.25) is 0 Å². The van der Waals surface area contributed by atoms with E-state index in [1.54, 1.807) is 0 Å². The highest BCUT2D eigenvalue weighted by Gasteiger charge is 2.42. The summed E-state index contributed by atoms with van der Waals surface area (Å²) in [6, 6.07) is 79.3. The van der Waals surface area contributed by atoms with Gasteiger partial charge in [0.2, 0.25) is 0 Å². The van der Waals surface area contributed by atoms with Crippen LogP contribution in [0.3, 0.4) is 0 Å². The fourth-order valence-electron chi connectivity index (χ4n) is 9.92. The maximum Gasteiger partial charge on any atom is 0.260 e. The molecule has 10 aromatic rings. The van der Waals surface area contributed by atoms with E-state index >= 15 is 0 Å². The van der Waals surface area contributed by atoms with E-state index in [9.17, 15) is 0 Å². The van der Waals surface area contributed by atoms with Crippen LogP contribution < -0.4 is 46.6 Å². The number of para-hydroxylation sites is 3. The third-order valence-corrected chi connectivity index (χ3v) is 17.3. The SMILES string of the molecule is c1ccc([Si](c2ccccc2)(c2ccccc2)c2ccc(-c3cc4c5c(c3)Oc3cc(-n6c7ccccc7c7ccccc76)ccc3B5c3ccccc3O4)cc2)cc1. The molecule has 12 rings (SSSR count). The number of nitrogens with zero attached hydrogens (tertiary/aromatic N) is 1. The van der Waals surface area contributed by atoms with E-state index in [4.69, 9.17) is 9.47 Å². The fourth-order valence-corrected chi connectivity index (χ4v) is 14.7. The largest absolute Gasteiger partial charge is 0.458 e. The van der Waals surface area contributed by atoms with E-state index in [2.05, 4.69) is 223 Å². The molecular weight excluding hydrogens is 733 g/mol. The Morgan fingerprint density at radius 1 is 0.356 bits per heavy atom. The molecule has 59 heavy (non-hydrogen) atoms. The van der Waals surface area contributed by atoms with Crippen LogP contribution in [0, 0.1) is 0 Å². The molecule has 0 fully saturated rings. The number of hydrogen-bond acceptors (Lipinski definition) is 2. The van der Waals surface area contributed by atoms with Crippen LogP contribution in [-0.4, -0.2) is 19.4 Å². The van der Waals surface area contributed by atoms with Crippen molar-refractivity contribution in [3.63, 3.8) is 0 Å². The molecule has 0 saturated heterocycles. The maximum absolute atomic E-state index is 7.03. The molecule has 9 aromatic carbocycles. The van der Waals surface area contributed by atoms with E-state index in [1.165, 1.54) is 42.6 Å². The monoisotopic (exact) mass is 769 g/mol. The van der Waals surface area contributed by atoms with Crippen molar-refractivity contribution in [2.45, 2.75) is 0 Å². The van der Waals surface area contributed by atoms with Gasteiger partial charge < -0.3 is 14.0 Å². The zero-order valence-corrected chi connectivity index (χ0v) is 33.1. The molecule has 1 aromatic heterocycles. The molecule has 0 aliphatic carbocycles. The van der Waals surface area contributed by atoms with Crippen LogP contribution >= 0.6 is 0 Å². The minimum atomic E-state index is -2.66. The van der Waals surface area contributed by atoms with Crippen molar-refractivity contribution in [2.75, 3.05) is 0 Å². The van der Waals surface area contributed by atoms with Gasteiger partial charge in [0.15, 0.2) is 8.07 Å². The average molecular weight is 770 g/mol. The normalized spacial score (nSPS) is 12.6. The van der Waals surface area contributed by atoms with E-state index in [0.29, 0.717) is 0 Å². The Balaban J connectivity index is 1.01. The third kappa shape index (κ3) is 5.15. The summed E-state index contributed by atoms with van der Waals surface area (Å²) in [5.41, 5.74) is 8.94. The molecule has 3 heterocycles. The van der Waals surface area contributed by atoms with Gasteiger partial charge in [0.05, 0.1) is 11.0 Å². The van der Waals surface area contributed by atoms with Gasteiger partial charge in [0.25, 0.3) is 6.71 Å². The summed E-state index contributed by atoms with van der Waals surface area (Å²) in [5.74, 6) is 3.41. The summed E-state index contributed by atoms with van der Waals surface area (Å²) in [7, 11) is -2.66. The van der Waals surface area contributed by atoms with Crippen LogP contribution in [0.15, 0.2) is 218 Å². The first-order chi connectivity index (χ1) is 29.3. The Morgan fingerprint density at radius 2 is 0.831 bits per heavy atom. The van der Waals surface area contributed by atoms with Crippen LogP contribution in [0.25, 0.3) is 38.6 Å². The topological polar surface area (TPSA) is 23.4 Å². The van der Waals surface area contributed by atoms with Crippen molar-refractivity contribution in [3.05, 3.63) is 218 Å². The molecule has 0 radical (unpaired) electrons. The smallest absolute Gasteiger partial charge is 0.260 e. The maximum atomic E-state index is 7.03. The van der Waals surface area contributed by atoms with Crippen LogP contribution in [-0.2, 0) is 0 Å². The predicted molar refractivity (Wildman–Crippen MR) is 248 cm³/mol. The summed E-state index contributed by atoms with van der Waals surface area (Å²) in [5, 5.41) is 7.87. The van der Waals surface area contributed by atoms with E-state index in [1.807, 2.05) is 0 Å². The van der Waals surface area contributed by atoms with Crippen molar-refractivity contribution < 1.29 is 9.47 Å². The van der Waals surface area contributed by atoms with E-state index in [-0.39, 0.29) is 6.71 Å². The number of aromatic nitrogens is 1. The molecular formula is C54H36BNO2Si. The highest BCUT2D eigenvalue weighted by atomic mass is 28.3. The second-order valence-corrected chi connectivity index (χ2v) is 19.4. The minimum absolute atomic E-state index is 0.0217. The quantitative estimate of drug-likeness (QED) is 0.125. The number of ether oxygens (including phenoxy) is 2. The number of hydrogen-bond donors (Lipinski definition) is 0. The van der Waals surface area contributed by atoms with Gasteiger partial charge in [-0.15, -0.1) is 0 Å². The van der Waals surface area contributed by atoms with E-state index in [0.717, 1.165) is 56.2 Å². The Labute approximate surface area is 344 Å². The Hall–Kier alpha value is -7.34. The van der Waals surface area contributed by atoms with Gasteiger partial charge >= 0.3 is 0 Å². The molecule has 0 atom stereocenters. The molecule has 0 bridgehead atoms. The molecule has 0 saturated carbocycles. The molecule has 2 aliphatic heterocycles. The Kier molecular flexibility index (Phi) is 7.65. The molecule has 2 aliphatic rings. The highest BCUT2D eigenvalue weighted by Crippen LogP contribution is 2.40. The number of benzene rings is 9. The van der Waals surface area contributed by atoms with Gasteiger partial charge in [-0.2, -0.15) is 0 Å². The van der Waals surface area contributed by atoms with Gasteiger partial charge in [0.1, 0.15) is 23.0 Å². The first-order valence-electron chi connectivity index (χ1n) is 20.3. The van der Waals surface area contributed by atoms with Crippen molar-refractivity contribution in [1.82, 2.24) is 4.57 Å². The van der Waals surface area contributed by atoms with Crippen LogP contribution in [0.5, 0.6) is 23.0 Å². The molecule has 0 unspecified atom stereocenters. The molecule has 0 spiro atoms. The molecule has 276 valence electrons.